The molecule has 0 spiro atoms. The summed E-state index contributed by atoms with van der Waals surface area (Å²) in [5.41, 5.74) is -0.512. The van der Waals surface area contributed by atoms with E-state index in [0.29, 0.717) is 23.8 Å². The van der Waals surface area contributed by atoms with Crippen LogP contribution in [0.3, 0.4) is 0 Å². The van der Waals surface area contributed by atoms with Crippen molar-refractivity contribution in [2.45, 2.75) is 44.7 Å². The monoisotopic (exact) mass is 312 g/mol. The third-order valence-electron chi connectivity index (χ3n) is 4.71. The van der Waals surface area contributed by atoms with E-state index in [1.165, 1.54) is 25.3 Å². The van der Waals surface area contributed by atoms with E-state index in [0.717, 1.165) is 30.9 Å². The highest BCUT2D eigenvalue weighted by atomic mass is 19.4. The molecule has 22 heavy (non-hydrogen) atoms. The molecule has 2 atom stereocenters. The van der Waals surface area contributed by atoms with Crippen LogP contribution in [0.4, 0.5) is 17.6 Å². The summed E-state index contributed by atoms with van der Waals surface area (Å²) >= 11 is 0. The molecule has 120 valence electrons. The maximum Gasteiger partial charge on any atom is 0.419 e. The molecule has 0 nitrogen and oxygen atoms in total. The van der Waals surface area contributed by atoms with Crippen molar-refractivity contribution >= 4 is 0 Å². The molecule has 4 heteroatoms. The Morgan fingerprint density at radius 2 is 1.86 bits per heavy atom. The van der Waals surface area contributed by atoms with Gasteiger partial charge in [0.15, 0.2) is 0 Å². The van der Waals surface area contributed by atoms with Gasteiger partial charge in [-0.15, -0.1) is 0 Å². The highest BCUT2D eigenvalue weighted by Gasteiger charge is 2.34. The van der Waals surface area contributed by atoms with Gasteiger partial charge >= 0.3 is 6.18 Å². The molecule has 0 saturated heterocycles. The average Bonchev–Trinajstić information content (AvgIpc) is 3.21. The van der Waals surface area contributed by atoms with E-state index in [1.54, 1.807) is 0 Å². The van der Waals surface area contributed by atoms with Crippen molar-refractivity contribution < 1.29 is 17.6 Å². The van der Waals surface area contributed by atoms with Crippen molar-refractivity contribution in [2.75, 3.05) is 0 Å². The van der Waals surface area contributed by atoms with Gasteiger partial charge in [-0.3, -0.25) is 0 Å². The standard InChI is InChI=1S/C18H20F4/c19-17-11-15(6-7-16(17)18(20,21)22)10-14-3-1-2-13(9-14)8-12-4-5-12/h1-2,6-7,11-14H,3-5,8-10H2. The molecule has 0 aliphatic heterocycles. The maximum atomic E-state index is 13.6. The summed E-state index contributed by atoms with van der Waals surface area (Å²) in [6.07, 6.45) is 6.39. The van der Waals surface area contributed by atoms with Gasteiger partial charge in [0.25, 0.3) is 0 Å². The van der Waals surface area contributed by atoms with E-state index in [1.807, 2.05) is 0 Å². The lowest BCUT2D eigenvalue weighted by atomic mass is 9.81. The molecule has 0 bridgehead atoms. The zero-order valence-electron chi connectivity index (χ0n) is 12.4. The Hall–Kier alpha value is -1.32. The molecule has 0 heterocycles. The number of hydrogen-bond donors (Lipinski definition) is 0. The molecule has 1 aromatic carbocycles. The van der Waals surface area contributed by atoms with Gasteiger partial charge < -0.3 is 0 Å². The van der Waals surface area contributed by atoms with Crippen LogP contribution < -0.4 is 0 Å². The average molecular weight is 312 g/mol. The van der Waals surface area contributed by atoms with Crippen LogP contribution in [0.1, 0.15) is 43.2 Å². The second-order valence-electron chi connectivity index (χ2n) is 6.72. The Morgan fingerprint density at radius 3 is 2.50 bits per heavy atom. The zero-order chi connectivity index (χ0) is 15.7. The minimum atomic E-state index is -4.62. The van der Waals surface area contributed by atoms with E-state index in [4.69, 9.17) is 0 Å². The summed E-state index contributed by atoms with van der Waals surface area (Å²) < 4.78 is 51.3. The Balaban J connectivity index is 1.63. The second kappa shape index (κ2) is 6.05. The molecule has 2 unspecified atom stereocenters. The zero-order valence-corrected chi connectivity index (χ0v) is 12.4. The maximum absolute atomic E-state index is 13.6. The van der Waals surface area contributed by atoms with Crippen molar-refractivity contribution in [3.05, 3.63) is 47.3 Å². The first-order valence-corrected chi connectivity index (χ1v) is 7.94. The topological polar surface area (TPSA) is 0 Å². The van der Waals surface area contributed by atoms with Gasteiger partial charge in [-0.05, 0) is 61.1 Å². The highest BCUT2D eigenvalue weighted by Crippen LogP contribution is 2.40. The van der Waals surface area contributed by atoms with Crippen molar-refractivity contribution in [1.82, 2.24) is 0 Å². The SMILES string of the molecule is Fc1cc(CC2CC=CC(CC3CC3)C2)ccc1C(F)(F)F. The number of hydrogen-bond acceptors (Lipinski definition) is 0. The minimum absolute atomic E-state index is 0.407. The van der Waals surface area contributed by atoms with E-state index in [2.05, 4.69) is 12.2 Å². The van der Waals surface area contributed by atoms with Crippen LogP contribution in [0.5, 0.6) is 0 Å². The predicted octanol–water partition coefficient (Wildman–Crippen LogP) is 5.77. The van der Waals surface area contributed by atoms with Crippen LogP contribution in [0.2, 0.25) is 0 Å². The fourth-order valence-electron chi connectivity index (χ4n) is 3.44. The van der Waals surface area contributed by atoms with E-state index in [-0.39, 0.29) is 0 Å². The first-order valence-electron chi connectivity index (χ1n) is 7.94. The number of benzene rings is 1. The highest BCUT2D eigenvalue weighted by molar-refractivity contribution is 5.27. The van der Waals surface area contributed by atoms with Gasteiger partial charge in [0, 0.05) is 0 Å². The lowest BCUT2D eigenvalue weighted by Gasteiger charge is -2.25. The van der Waals surface area contributed by atoms with E-state index >= 15 is 0 Å². The fraction of sp³-hybridized carbons (Fsp3) is 0.556. The van der Waals surface area contributed by atoms with Crippen molar-refractivity contribution in [2.24, 2.45) is 17.8 Å². The van der Waals surface area contributed by atoms with Gasteiger partial charge in [-0.1, -0.05) is 31.1 Å². The number of rotatable bonds is 4. The normalized spacial score (nSPS) is 25.5. The van der Waals surface area contributed by atoms with Crippen LogP contribution in [0.25, 0.3) is 0 Å². The lowest BCUT2D eigenvalue weighted by Crippen LogP contribution is -2.15. The molecule has 3 rings (SSSR count). The summed E-state index contributed by atoms with van der Waals surface area (Å²) in [6, 6.07) is 3.34. The third kappa shape index (κ3) is 3.90. The van der Waals surface area contributed by atoms with Gasteiger partial charge in [0.1, 0.15) is 5.82 Å². The molecule has 0 aromatic heterocycles. The van der Waals surface area contributed by atoms with Crippen molar-refractivity contribution in [1.29, 1.82) is 0 Å². The summed E-state index contributed by atoms with van der Waals surface area (Å²) in [5.74, 6) is 0.707. The Bertz CT molecular complexity index is 555. The quantitative estimate of drug-likeness (QED) is 0.489. The summed E-state index contributed by atoms with van der Waals surface area (Å²) in [4.78, 5) is 0. The van der Waals surface area contributed by atoms with E-state index < -0.39 is 17.6 Å². The van der Waals surface area contributed by atoms with Crippen LogP contribution >= 0.6 is 0 Å². The minimum Gasteiger partial charge on any atom is -0.206 e. The molecule has 2 aliphatic rings. The first-order chi connectivity index (χ1) is 10.4. The molecule has 1 aromatic rings. The smallest absolute Gasteiger partial charge is 0.206 e. The number of alkyl halides is 3. The van der Waals surface area contributed by atoms with Crippen LogP contribution in [0, 0.1) is 23.6 Å². The summed E-state index contributed by atoms with van der Waals surface area (Å²) in [5, 5.41) is 0. The third-order valence-corrected chi connectivity index (χ3v) is 4.71. The fourth-order valence-corrected chi connectivity index (χ4v) is 3.44. The van der Waals surface area contributed by atoms with Crippen LogP contribution in [0.15, 0.2) is 30.4 Å². The summed E-state index contributed by atoms with van der Waals surface area (Å²) in [7, 11) is 0. The molecular formula is C18H20F4. The molecular weight excluding hydrogens is 292 g/mol. The van der Waals surface area contributed by atoms with Gasteiger partial charge in [-0.25, -0.2) is 4.39 Å². The molecule has 0 radical (unpaired) electrons. The van der Waals surface area contributed by atoms with Crippen LogP contribution in [-0.2, 0) is 12.6 Å². The molecule has 1 fully saturated rings. The Kier molecular flexibility index (Phi) is 4.28. The van der Waals surface area contributed by atoms with E-state index in [9.17, 15) is 17.6 Å². The van der Waals surface area contributed by atoms with Gasteiger partial charge in [0.05, 0.1) is 5.56 Å². The summed E-state index contributed by atoms with van der Waals surface area (Å²) in [6.45, 7) is 0. The van der Waals surface area contributed by atoms with Crippen molar-refractivity contribution in [3.63, 3.8) is 0 Å². The first kappa shape index (κ1) is 15.6. The van der Waals surface area contributed by atoms with Gasteiger partial charge in [0.2, 0.25) is 0 Å². The van der Waals surface area contributed by atoms with Crippen molar-refractivity contribution in [3.8, 4) is 0 Å². The van der Waals surface area contributed by atoms with Crippen LogP contribution in [-0.4, -0.2) is 0 Å². The number of halogens is 4. The Labute approximate surface area is 128 Å². The second-order valence-corrected chi connectivity index (χ2v) is 6.72. The largest absolute Gasteiger partial charge is 0.419 e. The molecule has 0 N–H and O–H groups in total. The Morgan fingerprint density at radius 1 is 1.09 bits per heavy atom. The molecule has 2 aliphatic carbocycles. The lowest BCUT2D eigenvalue weighted by molar-refractivity contribution is -0.140. The molecule has 1 saturated carbocycles. The molecule has 0 amide bonds. The van der Waals surface area contributed by atoms with Gasteiger partial charge in [-0.2, -0.15) is 13.2 Å². The predicted molar refractivity (Wildman–Crippen MR) is 77.8 cm³/mol. The number of allylic oxidation sites excluding steroid dienone is 2.